The lowest BCUT2D eigenvalue weighted by Crippen LogP contribution is -2.33. The van der Waals surface area contributed by atoms with Crippen LogP contribution in [-0.4, -0.2) is 39.5 Å². The quantitative estimate of drug-likeness (QED) is 0.210. The number of carbonyl (C=O) groups excluding carboxylic acids is 2. The van der Waals surface area contributed by atoms with Gasteiger partial charge in [-0.25, -0.2) is 9.07 Å². The number of hydrogen-bond acceptors (Lipinski definition) is 5. The molecule has 5 rings (SSSR count). The van der Waals surface area contributed by atoms with Gasteiger partial charge in [0.05, 0.1) is 5.69 Å². The Morgan fingerprint density at radius 2 is 1.49 bits per heavy atom. The van der Waals surface area contributed by atoms with Gasteiger partial charge >= 0.3 is 0 Å². The molecule has 242 valence electrons. The largest absolute Gasteiger partial charge is 0.371 e. The van der Waals surface area contributed by atoms with Crippen LogP contribution in [-0.2, 0) is 0 Å². The van der Waals surface area contributed by atoms with Gasteiger partial charge in [0, 0.05) is 49.2 Å². The average Bonchev–Trinajstić information content (AvgIpc) is 3.40. The van der Waals surface area contributed by atoms with Crippen molar-refractivity contribution in [3.8, 4) is 5.69 Å². The third-order valence-corrected chi connectivity index (χ3v) is 7.49. The first-order valence-electron chi connectivity index (χ1n) is 16.2. The van der Waals surface area contributed by atoms with Crippen LogP contribution in [0.15, 0.2) is 73.1 Å². The van der Waals surface area contributed by atoms with E-state index in [9.17, 15) is 14.0 Å². The molecule has 1 amide bonds. The minimum absolute atomic E-state index is 0.213. The summed E-state index contributed by atoms with van der Waals surface area (Å²) in [6, 6.07) is 17.1. The number of carbonyl (C=O) groups is 2. The smallest absolute Gasteiger partial charge is 0.257 e. The van der Waals surface area contributed by atoms with Crippen LogP contribution in [0.5, 0.6) is 0 Å². The van der Waals surface area contributed by atoms with Gasteiger partial charge in [-0.05, 0) is 80.6 Å². The second-order valence-electron chi connectivity index (χ2n) is 10.5. The van der Waals surface area contributed by atoms with Gasteiger partial charge in [-0.3, -0.25) is 14.6 Å². The van der Waals surface area contributed by atoms with Crippen LogP contribution < -0.4 is 10.2 Å². The zero-order valence-electron chi connectivity index (χ0n) is 28.2. The molecule has 0 unspecified atom stereocenters. The normalized spacial score (nSPS) is 12.4. The summed E-state index contributed by atoms with van der Waals surface area (Å²) < 4.78 is 14.7. The first kappa shape index (κ1) is 36.9. The zero-order chi connectivity index (χ0) is 33.4. The summed E-state index contributed by atoms with van der Waals surface area (Å²) in [4.78, 5) is 31.1. The second kappa shape index (κ2) is 19.1. The van der Waals surface area contributed by atoms with E-state index < -0.39 is 0 Å². The predicted molar refractivity (Wildman–Crippen MR) is 184 cm³/mol. The van der Waals surface area contributed by atoms with Crippen molar-refractivity contribution in [1.82, 2.24) is 14.8 Å². The van der Waals surface area contributed by atoms with Crippen molar-refractivity contribution in [2.75, 3.05) is 23.3 Å². The van der Waals surface area contributed by atoms with Gasteiger partial charge in [0.1, 0.15) is 17.3 Å². The molecule has 1 aliphatic heterocycles. The number of amides is 1. The number of piperidine rings is 1. The molecular formula is C37H50FN5O2. The molecule has 0 spiro atoms. The van der Waals surface area contributed by atoms with E-state index in [1.807, 2.05) is 59.1 Å². The van der Waals surface area contributed by atoms with E-state index in [4.69, 9.17) is 0 Å². The van der Waals surface area contributed by atoms with E-state index in [0.717, 1.165) is 11.5 Å². The molecule has 0 aliphatic carbocycles. The maximum absolute atomic E-state index is 13.2. The van der Waals surface area contributed by atoms with Crippen molar-refractivity contribution >= 4 is 23.2 Å². The first-order valence-corrected chi connectivity index (χ1v) is 16.2. The van der Waals surface area contributed by atoms with Crippen molar-refractivity contribution in [3.05, 3.63) is 101 Å². The van der Waals surface area contributed by atoms with E-state index in [1.54, 1.807) is 19.1 Å². The number of pyridine rings is 1. The molecule has 1 fully saturated rings. The van der Waals surface area contributed by atoms with E-state index in [2.05, 4.69) is 39.4 Å². The van der Waals surface area contributed by atoms with Gasteiger partial charge in [0.25, 0.3) is 5.91 Å². The molecule has 8 heteroatoms. The Labute approximate surface area is 268 Å². The van der Waals surface area contributed by atoms with Crippen molar-refractivity contribution in [3.63, 3.8) is 0 Å². The molecule has 1 saturated heterocycles. The Hall–Kier alpha value is -4.33. The molecule has 2 aromatic carbocycles. The lowest BCUT2D eigenvalue weighted by atomic mass is 9.92. The number of rotatable bonds is 7. The first-order chi connectivity index (χ1) is 21.8. The van der Waals surface area contributed by atoms with Crippen LogP contribution >= 0.6 is 0 Å². The molecule has 4 aromatic rings. The van der Waals surface area contributed by atoms with E-state index >= 15 is 0 Å². The van der Waals surface area contributed by atoms with Crippen LogP contribution in [0, 0.1) is 25.6 Å². The SMILES string of the molecule is CC.CC.CC(=O)c1nn(-c2ccc(F)cc2)c(NC(=O)c2ccccc2C)c1C.CCCC1CCN(c2ccncc2)CC1. The molecule has 2 aromatic heterocycles. The predicted octanol–water partition coefficient (Wildman–Crippen LogP) is 9.23. The fraction of sp³-hybridized carbons (Fsp3) is 0.405. The molecule has 45 heavy (non-hydrogen) atoms. The minimum atomic E-state index is -0.380. The molecule has 0 atom stereocenters. The highest BCUT2D eigenvalue weighted by Gasteiger charge is 2.21. The molecule has 0 radical (unpaired) electrons. The summed E-state index contributed by atoms with van der Waals surface area (Å²) in [5, 5.41) is 7.15. The van der Waals surface area contributed by atoms with Crippen molar-refractivity contribution in [2.45, 2.75) is 81.1 Å². The highest BCUT2D eigenvalue weighted by molar-refractivity contribution is 6.06. The van der Waals surface area contributed by atoms with E-state index in [1.165, 1.54) is 80.3 Å². The number of ketones is 1. The van der Waals surface area contributed by atoms with Gasteiger partial charge in [-0.2, -0.15) is 5.10 Å². The molecule has 0 saturated carbocycles. The highest BCUT2D eigenvalue weighted by atomic mass is 19.1. The zero-order valence-corrected chi connectivity index (χ0v) is 28.2. The summed E-state index contributed by atoms with van der Waals surface area (Å²) >= 11 is 0. The summed E-state index contributed by atoms with van der Waals surface area (Å²) in [7, 11) is 0. The van der Waals surface area contributed by atoms with Gasteiger partial charge < -0.3 is 10.2 Å². The number of aryl methyl sites for hydroxylation is 1. The van der Waals surface area contributed by atoms with E-state index in [-0.39, 0.29) is 23.2 Å². The van der Waals surface area contributed by atoms with Gasteiger partial charge in [0.2, 0.25) is 0 Å². The number of hydrogen-bond donors (Lipinski definition) is 1. The van der Waals surface area contributed by atoms with Gasteiger partial charge in [-0.1, -0.05) is 65.7 Å². The van der Waals surface area contributed by atoms with Gasteiger partial charge in [0.15, 0.2) is 5.78 Å². The third kappa shape index (κ3) is 10.4. The summed E-state index contributed by atoms with van der Waals surface area (Å²) in [6.45, 7) is 17.7. The molecule has 1 aliphatic rings. The Kier molecular flexibility index (Phi) is 15.7. The Bertz CT molecular complexity index is 1460. The van der Waals surface area contributed by atoms with Crippen LogP contribution in [0.25, 0.3) is 5.69 Å². The van der Waals surface area contributed by atoms with Crippen LogP contribution in [0.1, 0.15) is 99.2 Å². The number of nitrogens with zero attached hydrogens (tertiary/aromatic N) is 4. The summed E-state index contributed by atoms with van der Waals surface area (Å²) in [5.74, 6) is 0.456. The highest BCUT2D eigenvalue weighted by Crippen LogP contribution is 2.26. The van der Waals surface area contributed by atoms with Crippen LogP contribution in [0.3, 0.4) is 0 Å². The fourth-order valence-corrected chi connectivity index (χ4v) is 5.19. The minimum Gasteiger partial charge on any atom is -0.371 e. The van der Waals surface area contributed by atoms with Crippen molar-refractivity contribution in [1.29, 1.82) is 0 Å². The molecule has 3 heterocycles. The topological polar surface area (TPSA) is 80.1 Å². The molecule has 1 N–H and O–H groups in total. The number of aromatic nitrogens is 3. The summed E-state index contributed by atoms with van der Waals surface area (Å²) in [6.07, 6.45) is 9.22. The number of benzene rings is 2. The van der Waals surface area contributed by atoms with Crippen LogP contribution in [0.2, 0.25) is 0 Å². The molecule has 7 nitrogen and oxygen atoms in total. The molecule has 0 bridgehead atoms. The number of anilines is 2. The second-order valence-corrected chi connectivity index (χ2v) is 10.5. The Balaban J connectivity index is 0.000000315. The number of halogens is 1. The monoisotopic (exact) mass is 615 g/mol. The Morgan fingerprint density at radius 1 is 0.889 bits per heavy atom. The lowest BCUT2D eigenvalue weighted by Gasteiger charge is -2.33. The number of Topliss-reactive ketones (excluding diaryl/α,β-unsaturated/α-hetero) is 1. The summed E-state index contributed by atoms with van der Waals surface area (Å²) in [5.41, 5.74) is 4.06. The van der Waals surface area contributed by atoms with E-state index in [0.29, 0.717) is 22.6 Å². The molecular weight excluding hydrogens is 565 g/mol. The maximum atomic E-state index is 13.2. The van der Waals surface area contributed by atoms with Crippen molar-refractivity contribution in [2.24, 2.45) is 5.92 Å². The lowest BCUT2D eigenvalue weighted by molar-refractivity contribution is 0.100. The average molecular weight is 616 g/mol. The van der Waals surface area contributed by atoms with Crippen molar-refractivity contribution < 1.29 is 14.0 Å². The number of nitrogens with one attached hydrogen (secondary N) is 1. The van der Waals surface area contributed by atoms with Crippen LogP contribution in [0.4, 0.5) is 15.9 Å². The third-order valence-electron chi connectivity index (χ3n) is 7.49. The standard InChI is InChI=1S/C20H18FN3O2.C13H20N2.2C2H6/c1-12-6-4-5-7-17(12)20(26)22-19-13(2)18(14(3)25)23-24(19)16-10-8-15(21)9-11-16;1-2-3-12-6-10-15(11-7-12)13-4-8-14-9-5-13;2*1-2/h4-11H,1-3H3,(H,22,26);4-5,8-9,12H,2-3,6-7,10-11H2,1H3;2*1-2H3. The van der Waals surface area contributed by atoms with Gasteiger partial charge in [-0.15, -0.1) is 0 Å². The Morgan fingerprint density at radius 3 is 2.04 bits per heavy atom. The fourth-order valence-electron chi connectivity index (χ4n) is 5.19. The maximum Gasteiger partial charge on any atom is 0.257 e.